The largest absolute Gasteiger partial charge is 0.383 e. The van der Waals surface area contributed by atoms with Crippen LogP contribution in [0.5, 0.6) is 0 Å². The third kappa shape index (κ3) is 1.43. The maximum absolute atomic E-state index is 5.93. The van der Waals surface area contributed by atoms with Crippen molar-refractivity contribution in [3.63, 3.8) is 0 Å². The number of rotatable bonds is 1. The van der Waals surface area contributed by atoms with E-state index >= 15 is 0 Å². The summed E-state index contributed by atoms with van der Waals surface area (Å²) in [6.45, 7) is 3.59. The predicted octanol–water partition coefficient (Wildman–Crippen LogP) is 1.39. The normalized spacial score (nSPS) is 34.6. The fourth-order valence-electron chi connectivity index (χ4n) is 2.87. The van der Waals surface area contributed by atoms with Crippen LogP contribution in [0.15, 0.2) is 6.20 Å². The van der Waals surface area contributed by atoms with Gasteiger partial charge in [-0.15, -0.1) is 0 Å². The van der Waals surface area contributed by atoms with E-state index in [1.165, 1.54) is 19.5 Å². The molecule has 2 fully saturated rings. The van der Waals surface area contributed by atoms with Crippen LogP contribution in [0.4, 0.5) is 5.82 Å². The first kappa shape index (κ1) is 9.48. The van der Waals surface area contributed by atoms with Crippen molar-refractivity contribution in [2.75, 3.05) is 25.4 Å². The average molecular weight is 227 g/mol. The van der Waals surface area contributed by atoms with Gasteiger partial charge < -0.3 is 10.6 Å². The molecule has 2 N–H and O–H groups in total. The first-order valence-electron chi connectivity index (χ1n) is 5.46. The minimum absolute atomic E-state index is 0.455. The van der Waals surface area contributed by atoms with E-state index in [0.29, 0.717) is 22.8 Å². The van der Waals surface area contributed by atoms with Gasteiger partial charge in [-0.1, -0.05) is 11.6 Å². The van der Waals surface area contributed by atoms with E-state index in [2.05, 4.69) is 10.00 Å². The van der Waals surface area contributed by atoms with Gasteiger partial charge in [0.15, 0.2) is 0 Å². The molecule has 15 heavy (non-hydrogen) atoms. The SMILES string of the molecule is Nc1c(Cl)cnn1C1CCN2CCC1C2. The summed E-state index contributed by atoms with van der Waals surface area (Å²) >= 11 is 5.93. The highest BCUT2D eigenvalue weighted by Crippen LogP contribution is 2.37. The van der Waals surface area contributed by atoms with Gasteiger partial charge >= 0.3 is 0 Å². The number of halogens is 1. The average Bonchev–Trinajstić information content (AvgIpc) is 2.77. The Morgan fingerprint density at radius 2 is 2.20 bits per heavy atom. The van der Waals surface area contributed by atoms with Crippen LogP contribution in [-0.2, 0) is 0 Å². The Morgan fingerprint density at radius 3 is 2.93 bits per heavy atom. The zero-order valence-corrected chi connectivity index (χ0v) is 9.32. The van der Waals surface area contributed by atoms with Crippen molar-refractivity contribution in [1.82, 2.24) is 14.7 Å². The molecule has 2 bridgehead atoms. The van der Waals surface area contributed by atoms with Crippen LogP contribution >= 0.6 is 11.6 Å². The third-order valence-corrected chi connectivity index (χ3v) is 3.99. The van der Waals surface area contributed by atoms with Crippen LogP contribution in [0.1, 0.15) is 18.9 Å². The minimum Gasteiger partial charge on any atom is -0.383 e. The molecular formula is C10H15ClN4. The van der Waals surface area contributed by atoms with E-state index < -0.39 is 0 Å². The van der Waals surface area contributed by atoms with Crippen LogP contribution < -0.4 is 5.73 Å². The van der Waals surface area contributed by atoms with Crippen molar-refractivity contribution in [2.45, 2.75) is 18.9 Å². The maximum Gasteiger partial charge on any atom is 0.140 e. The maximum atomic E-state index is 5.93. The van der Waals surface area contributed by atoms with Crippen molar-refractivity contribution in [3.05, 3.63) is 11.2 Å². The lowest BCUT2D eigenvalue weighted by molar-refractivity contribution is 0.196. The number of nitrogen functional groups attached to an aromatic ring is 1. The van der Waals surface area contributed by atoms with Crippen molar-refractivity contribution in [2.24, 2.45) is 5.92 Å². The monoisotopic (exact) mass is 226 g/mol. The molecule has 0 aromatic carbocycles. The Balaban J connectivity index is 1.90. The van der Waals surface area contributed by atoms with Crippen LogP contribution in [-0.4, -0.2) is 34.3 Å². The molecule has 0 amide bonds. The standard InChI is InChI=1S/C10H15ClN4/c11-8-5-13-15(10(8)12)9-2-4-14-3-1-7(9)6-14/h5,7,9H,1-4,6,12H2. The van der Waals surface area contributed by atoms with Gasteiger partial charge in [0.25, 0.3) is 0 Å². The number of aromatic nitrogens is 2. The van der Waals surface area contributed by atoms with Crippen molar-refractivity contribution in [1.29, 1.82) is 0 Å². The molecule has 3 atom stereocenters. The lowest BCUT2D eigenvalue weighted by Gasteiger charge is -2.30. The molecule has 1 aromatic heterocycles. The molecule has 2 aliphatic rings. The van der Waals surface area contributed by atoms with E-state index in [1.54, 1.807) is 6.20 Å². The van der Waals surface area contributed by atoms with Gasteiger partial charge in [0.05, 0.1) is 12.2 Å². The fraction of sp³-hybridized carbons (Fsp3) is 0.700. The Hall–Kier alpha value is -0.740. The number of fused-ring (bicyclic) bond motifs is 2. The van der Waals surface area contributed by atoms with Crippen LogP contribution in [0.2, 0.25) is 5.02 Å². The molecule has 0 aliphatic carbocycles. The predicted molar refractivity (Wildman–Crippen MR) is 59.9 cm³/mol. The molecule has 82 valence electrons. The first-order chi connectivity index (χ1) is 7.25. The number of piperidine rings is 1. The van der Waals surface area contributed by atoms with E-state index in [-0.39, 0.29) is 0 Å². The lowest BCUT2D eigenvalue weighted by Crippen LogP contribution is -2.34. The van der Waals surface area contributed by atoms with Crippen molar-refractivity contribution < 1.29 is 0 Å². The fourth-order valence-corrected chi connectivity index (χ4v) is 3.00. The lowest BCUT2D eigenvalue weighted by atomic mass is 9.94. The summed E-state index contributed by atoms with van der Waals surface area (Å²) in [7, 11) is 0. The second-order valence-corrected chi connectivity index (χ2v) is 4.93. The molecule has 1 aromatic rings. The van der Waals surface area contributed by atoms with Gasteiger partial charge in [0.2, 0.25) is 0 Å². The molecule has 0 saturated carbocycles. The molecule has 2 saturated heterocycles. The van der Waals surface area contributed by atoms with Gasteiger partial charge in [-0.2, -0.15) is 5.10 Å². The molecule has 4 nitrogen and oxygen atoms in total. The molecule has 0 radical (unpaired) electrons. The third-order valence-electron chi connectivity index (χ3n) is 3.70. The number of hydrogen-bond donors (Lipinski definition) is 1. The second-order valence-electron chi connectivity index (χ2n) is 4.53. The van der Waals surface area contributed by atoms with Gasteiger partial charge in [-0.25, -0.2) is 4.68 Å². The topological polar surface area (TPSA) is 47.1 Å². The number of nitrogens with zero attached hydrogens (tertiary/aromatic N) is 3. The highest BCUT2D eigenvalue weighted by Gasteiger charge is 2.36. The van der Waals surface area contributed by atoms with E-state index in [4.69, 9.17) is 17.3 Å². The Kier molecular flexibility index (Phi) is 2.14. The van der Waals surface area contributed by atoms with Crippen molar-refractivity contribution >= 4 is 17.4 Å². The zero-order chi connectivity index (χ0) is 10.4. The highest BCUT2D eigenvalue weighted by molar-refractivity contribution is 6.32. The highest BCUT2D eigenvalue weighted by atomic mass is 35.5. The molecule has 3 rings (SSSR count). The van der Waals surface area contributed by atoms with Gasteiger partial charge in [0.1, 0.15) is 10.8 Å². The van der Waals surface area contributed by atoms with Crippen LogP contribution in [0.25, 0.3) is 0 Å². The summed E-state index contributed by atoms with van der Waals surface area (Å²) in [6.07, 6.45) is 4.06. The van der Waals surface area contributed by atoms with E-state index in [9.17, 15) is 0 Å². The molecular weight excluding hydrogens is 212 g/mol. The Labute approximate surface area is 94.0 Å². The first-order valence-corrected chi connectivity index (χ1v) is 5.84. The summed E-state index contributed by atoms with van der Waals surface area (Å²) in [5, 5.41) is 4.88. The van der Waals surface area contributed by atoms with Gasteiger partial charge in [-0.3, -0.25) is 0 Å². The van der Waals surface area contributed by atoms with Crippen LogP contribution in [0, 0.1) is 5.92 Å². The minimum atomic E-state index is 0.455. The zero-order valence-electron chi connectivity index (χ0n) is 8.56. The smallest absolute Gasteiger partial charge is 0.140 e. The summed E-state index contributed by atoms with van der Waals surface area (Å²) in [4.78, 5) is 2.52. The summed E-state index contributed by atoms with van der Waals surface area (Å²) in [5.41, 5.74) is 5.92. The van der Waals surface area contributed by atoms with Gasteiger partial charge in [0, 0.05) is 13.1 Å². The Bertz CT molecular complexity index is 375. The quantitative estimate of drug-likeness (QED) is 0.787. The van der Waals surface area contributed by atoms with Crippen LogP contribution in [0.3, 0.4) is 0 Å². The van der Waals surface area contributed by atoms with Crippen molar-refractivity contribution in [3.8, 4) is 0 Å². The molecule has 3 unspecified atom stereocenters. The van der Waals surface area contributed by atoms with E-state index in [1.807, 2.05) is 4.68 Å². The number of nitrogens with two attached hydrogens (primary N) is 1. The summed E-state index contributed by atoms with van der Waals surface area (Å²) < 4.78 is 1.93. The second kappa shape index (κ2) is 3.39. The van der Waals surface area contributed by atoms with Gasteiger partial charge in [-0.05, 0) is 25.3 Å². The molecule has 2 aliphatic heterocycles. The number of anilines is 1. The van der Waals surface area contributed by atoms with E-state index in [0.717, 1.165) is 13.0 Å². The Morgan fingerprint density at radius 1 is 1.40 bits per heavy atom. The molecule has 5 heteroatoms. The molecule has 0 spiro atoms. The number of hydrogen-bond acceptors (Lipinski definition) is 3. The molecule has 3 heterocycles. The summed E-state index contributed by atoms with van der Waals surface area (Å²) in [5.74, 6) is 1.33. The summed E-state index contributed by atoms with van der Waals surface area (Å²) in [6, 6.07) is 0.455.